The molecule has 68 heavy (non-hydrogen) atoms. The second kappa shape index (κ2) is 37.5. The number of hydrogen-bond donors (Lipinski definition) is 6. The molecule has 16 heteroatoms. The van der Waals surface area contributed by atoms with Crippen molar-refractivity contribution in [3.05, 3.63) is 58.7 Å². The van der Waals surface area contributed by atoms with Crippen LogP contribution in [0, 0.1) is 0 Å². The Morgan fingerprint density at radius 3 is 1.19 bits per heavy atom. The zero-order chi connectivity index (χ0) is 49.8. The highest BCUT2D eigenvalue weighted by Crippen LogP contribution is 2.22. The van der Waals surface area contributed by atoms with Crippen molar-refractivity contribution in [1.82, 2.24) is 21.7 Å². The number of unbranched alkanes of at least 4 members (excludes halogenated alkanes) is 17. The molecule has 0 fully saturated rings. The van der Waals surface area contributed by atoms with Gasteiger partial charge < -0.3 is 19.7 Å². The Balaban J connectivity index is 1.43. The number of aromatic hydroxyl groups is 2. The zero-order valence-corrected chi connectivity index (χ0v) is 43.0. The number of carbonyl (C=O) groups excluding carboxylic acids is 6. The second-order valence-electron chi connectivity index (χ2n) is 17.4. The maximum absolute atomic E-state index is 12.7. The number of amides is 4. The number of carbonyl (C=O) groups is 6. The lowest BCUT2D eigenvalue weighted by atomic mass is 10.0. The third-order valence-electron chi connectivity index (χ3n) is 11.5. The molecule has 0 aliphatic rings. The minimum absolute atomic E-state index is 0.108. The average molecular weight is 987 g/mol. The summed E-state index contributed by atoms with van der Waals surface area (Å²) >= 11 is 2.57. The van der Waals surface area contributed by atoms with Crippen LogP contribution in [0.15, 0.2) is 36.4 Å². The average Bonchev–Trinajstić information content (AvgIpc) is 3.33. The Morgan fingerprint density at radius 2 is 0.824 bits per heavy atom. The molecule has 0 spiro atoms. The van der Waals surface area contributed by atoms with E-state index in [2.05, 4.69) is 35.6 Å². The van der Waals surface area contributed by atoms with Crippen LogP contribution in [0.3, 0.4) is 0 Å². The standard InChI is InChI=1S/C52H82N4O10S2/c1-5-7-9-11-17-21-25-41-27-29-45(57)43(37-41)51(63)55-53-49(61)39(3)67-35-31-47(59)65-33-23-19-15-13-14-16-20-24-34-66-48(60)32-36-68-40(4)50(62)54-56-52(64)44-38-42(28-30-46(44)58)26-22-18-12-10-8-6-2/h27-30,37-40,57-58H,5-26,31-36H2,1-4H3,(H,53,61)(H,54,62)(H,55,63)(H,56,64). The highest BCUT2D eigenvalue weighted by Gasteiger charge is 2.19. The molecule has 0 bridgehead atoms. The summed E-state index contributed by atoms with van der Waals surface area (Å²) < 4.78 is 10.7. The van der Waals surface area contributed by atoms with Gasteiger partial charge in [-0.2, -0.15) is 0 Å². The minimum Gasteiger partial charge on any atom is -0.507 e. The van der Waals surface area contributed by atoms with Gasteiger partial charge in [0.2, 0.25) is 0 Å². The fraction of sp³-hybridized carbons (Fsp3) is 0.654. The number of esters is 2. The number of rotatable bonds is 37. The van der Waals surface area contributed by atoms with Gasteiger partial charge in [0.25, 0.3) is 23.6 Å². The van der Waals surface area contributed by atoms with Gasteiger partial charge in [0.1, 0.15) is 11.5 Å². The number of hydrazine groups is 2. The number of hydrogen-bond acceptors (Lipinski definition) is 12. The maximum Gasteiger partial charge on any atom is 0.306 e. The summed E-state index contributed by atoms with van der Waals surface area (Å²) in [5, 5.41) is 19.4. The van der Waals surface area contributed by atoms with Crippen LogP contribution in [-0.2, 0) is 41.5 Å². The van der Waals surface area contributed by atoms with Crippen LogP contribution in [0.25, 0.3) is 0 Å². The number of nitrogens with one attached hydrogen (secondary N) is 4. The molecule has 382 valence electrons. The van der Waals surface area contributed by atoms with E-state index in [0.29, 0.717) is 24.7 Å². The van der Waals surface area contributed by atoms with Crippen molar-refractivity contribution in [2.45, 2.75) is 192 Å². The molecule has 0 radical (unpaired) electrons. The van der Waals surface area contributed by atoms with Crippen LogP contribution in [0.4, 0.5) is 0 Å². The minimum atomic E-state index is -0.594. The SMILES string of the molecule is CCCCCCCCc1ccc(O)c(C(=O)NNC(=O)C(C)SCCC(=O)OCCCCCCCCCCOC(=O)CCSC(C)C(=O)NNC(=O)c2cc(CCCCCCCC)ccc2O)c1. The summed E-state index contributed by atoms with van der Waals surface area (Å²) in [7, 11) is 0. The number of phenolic OH excluding ortho intramolecular Hbond substituents is 2. The van der Waals surface area contributed by atoms with E-state index in [1.807, 2.05) is 12.1 Å². The van der Waals surface area contributed by atoms with E-state index in [9.17, 15) is 39.0 Å². The van der Waals surface area contributed by atoms with Gasteiger partial charge in [0.05, 0.1) is 47.7 Å². The molecule has 2 unspecified atom stereocenters. The molecular weight excluding hydrogens is 905 g/mol. The summed E-state index contributed by atoms with van der Waals surface area (Å²) in [4.78, 5) is 75.0. The van der Waals surface area contributed by atoms with Crippen molar-refractivity contribution in [2.24, 2.45) is 0 Å². The number of phenols is 2. The van der Waals surface area contributed by atoms with Crippen LogP contribution in [0.2, 0.25) is 0 Å². The van der Waals surface area contributed by atoms with E-state index in [1.165, 1.54) is 87.0 Å². The number of thioether (sulfide) groups is 2. The lowest BCUT2D eigenvalue weighted by molar-refractivity contribution is -0.144. The van der Waals surface area contributed by atoms with Gasteiger partial charge in [-0.3, -0.25) is 50.5 Å². The molecule has 2 aromatic carbocycles. The topological polar surface area (TPSA) is 209 Å². The Bertz CT molecular complexity index is 1670. The van der Waals surface area contributed by atoms with Gasteiger partial charge in [-0.05, 0) is 87.8 Å². The molecular formula is C52H82N4O10S2. The fourth-order valence-electron chi connectivity index (χ4n) is 7.21. The molecule has 0 aliphatic carbocycles. The van der Waals surface area contributed by atoms with Crippen molar-refractivity contribution in [2.75, 3.05) is 24.7 Å². The van der Waals surface area contributed by atoms with Gasteiger partial charge in [0, 0.05) is 11.5 Å². The van der Waals surface area contributed by atoms with Crippen LogP contribution in [-0.4, -0.2) is 81.0 Å². The lowest BCUT2D eigenvalue weighted by Gasteiger charge is -2.14. The number of ether oxygens (including phenoxy) is 2. The first-order chi connectivity index (χ1) is 32.9. The molecule has 2 rings (SSSR count). The van der Waals surface area contributed by atoms with Crippen LogP contribution >= 0.6 is 23.5 Å². The Kier molecular flexibility index (Phi) is 32.9. The first kappa shape index (κ1) is 59.7. The largest absolute Gasteiger partial charge is 0.507 e. The Hall–Kier alpha value is -4.44. The van der Waals surface area contributed by atoms with E-state index in [-0.39, 0.29) is 47.4 Å². The normalized spacial score (nSPS) is 11.9. The monoisotopic (exact) mass is 987 g/mol. The fourth-order valence-corrected chi connectivity index (χ4v) is 8.90. The van der Waals surface area contributed by atoms with Gasteiger partial charge in [-0.15, -0.1) is 23.5 Å². The Morgan fingerprint density at radius 1 is 0.485 bits per heavy atom. The molecule has 0 saturated heterocycles. The van der Waals surface area contributed by atoms with Gasteiger partial charge >= 0.3 is 11.9 Å². The predicted octanol–water partition coefficient (Wildman–Crippen LogP) is 10.4. The highest BCUT2D eigenvalue weighted by atomic mass is 32.2. The van der Waals surface area contributed by atoms with E-state index >= 15 is 0 Å². The smallest absolute Gasteiger partial charge is 0.306 e. The third kappa shape index (κ3) is 27.5. The second-order valence-corrected chi connectivity index (χ2v) is 20.3. The quantitative estimate of drug-likeness (QED) is 0.0212. The number of benzene rings is 2. The van der Waals surface area contributed by atoms with Crippen molar-refractivity contribution < 1.29 is 48.5 Å². The van der Waals surface area contributed by atoms with Gasteiger partial charge in [-0.25, -0.2) is 0 Å². The van der Waals surface area contributed by atoms with Crippen LogP contribution in [0.1, 0.15) is 201 Å². The Labute approximate surface area is 414 Å². The molecule has 0 saturated carbocycles. The summed E-state index contributed by atoms with van der Waals surface area (Å²) in [6.07, 6.45) is 23.6. The molecule has 14 nitrogen and oxygen atoms in total. The molecule has 4 amide bonds. The van der Waals surface area contributed by atoms with Crippen molar-refractivity contribution in [1.29, 1.82) is 0 Å². The van der Waals surface area contributed by atoms with Crippen molar-refractivity contribution in [3.63, 3.8) is 0 Å². The van der Waals surface area contributed by atoms with Crippen molar-refractivity contribution >= 4 is 59.1 Å². The van der Waals surface area contributed by atoms with Crippen LogP contribution in [0.5, 0.6) is 11.5 Å². The molecule has 2 atom stereocenters. The maximum atomic E-state index is 12.7. The van der Waals surface area contributed by atoms with E-state index in [1.54, 1.807) is 26.0 Å². The van der Waals surface area contributed by atoms with Crippen molar-refractivity contribution in [3.8, 4) is 11.5 Å². The summed E-state index contributed by atoms with van der Waals surface area (Å²) in [5.74, 6) is -2.14. The highest BCUT2D eigenvalue weighted by molar-refractivity contribution is 8.00. The van der Waals surface area contributed by atoms with E-state index < -0.39 is 34.1 Å². The lowest BCUT2D eigenvalue weighted by Crippen LogP contribution is -2.45. The molecule has 0 aliphatic heterocycles. The third-order valence-corrected chi connectivity index (χ3v) is 13.8. The first-order valence-electron chi connectivity index (χ1n) is 25.2. The summed E-state index contributed by atoms with van der Waals surface area (Å²) in [6, 6.07) is 9.97. The summed E-state index contributed by atoms with van der Waals surface area (Å²) in [6.45, 7) is 8.47. The summed E-state index contributed by atoms with van der Waals surface area (Å²) in [5.41, 5.74) is 11.7. The number of aryl methyl sites for hydroxylation is 2. The molecule has 0 aromatic heterocycles. The van der Waals surface area contributed by atoms with Gasteiger partial charge in [0.15, 0.2) is 0 Å². The van der Waals surface area contributed by atoms with Gasteiger partial charge in [-0.1, -0.05) is 129 Å². The first-order valence-corrected chi connectivity index (χ1v) is 27.3. The van der Waals surface area contributed by atoms with Crippen LogP contribution < -0.4 is 21.7 Å². The zero-order valence-electron chi connectivity index (χ0n) is 41.4. The molecule has 2 aromatic rings. The predicted molar refractivity (Wildman–Crippen MR) is 274 cm³/mol. The molecule has 6 N–H and O–H groups in total. The molecule has 0 heterocycles. The van der Waals surface area contributed by atoms with E-state index in [4.69, 9.17) is 9.47 Å². The van der Waals surface area contributed by atoms with E-state index in [0.717, 1.165) is 101 Å².